The molecule has 0 aromatic rings. The van der Waals surface area contributed by atoms with Crippen LogP contribution < -0.4 is 0 Å². The molecule has 0 N–H and O–H groups in total. The van der Waals surface area contributed by atoms with E-state index in [2.05, 4.69) is 4.99 Å². The molecular formula is C8H13NO. The van der Waals surface area contributed by atoms with Crippen molar-refractivity contribution in [3.05, 3.63) is 0 Å². The minimum Gasteiger partial charge on any atom is -0.476 e. The molecule has 0 saturated heterocycles. The number of ether oxygens (including phenoxy) is 1. The number of hydrogen-bond acceptors (Lipinski definition) is 2. The Hall–Kier alpha value is -0.530. The Kier molecular flexibility index (Phi) is 1.40. The average Bonchev–Trinajstić information content (AvgIpc) is 2.27. The van der Waals surface area contributed by atoms with Gasteiger partial charge in [0, 0.05) is 6.92 Å². The summed E-state index contributed by atoms with van der Waals surface area (Å²) >= 11 is 0. The zero-order valence-corrected chi connectivity index (χ0v) is 6.34. The van der Waals surface area contributed by atoms with E-state index in [1.165, 1.54) is 25.7 Å². The van der Waals surface area contributed by atoms with Crippen molar-refractivity contribution >= 4 is 5.90 Å². The predicted molar refractivity (Wildman–Crippen MR) is 40.2 cm³/mol. The van der Waals surface area contributed by atoms with Gasteiger partial charge in [0.1, 0.15) is 6.10 Å². The standard InChI is InChI=1S/C8H13NO/c1-6-9-7-4-2-3-5-8(7)10-6/h7-8H,2-5H2,1H3/t7-,8+/m0/s1. The molecule has 1 aliphatic carbocycles. The second-order valence-corrected chi connectivity index (χ2v) is 3.16. The maximum Gasteiger partial charge on any atom is 0.180 e. The number of fused-ring (bicyclic) bond motifs is 1. The van der Waals surface area contributed by atoms with E-state index in [9.17, 15) is 0 Å². The van der Waals surface area contributed by atoms with Crippen LogP contribution in [0.4, 0.5) is 0 Å². The van der Waals surface area contributed by atoms with Crippen molar-refractivity contribution in [1.82, 2.24) is 0 Å². The first kappa shape index (κ1) is 6.20. The van der Waals surface area contributed by atoms with Crippen molar-refractivity contribution < 1.29 is 4.74 Å². The molecule has 2 nitrogen and oxygen atoms in total. The van der Waals surface area contributed by atoms with Crippen molar-refractivity contribution in [2.45, 2.75) is 44.8 Å². The minimum absolute atomic E-state index is 0.439. The van der Waals surface area contributed by atoms with Crippen LogP contribution in [0.25, 0.3) is 0 Å². The van der Waals surface area contributed by atoms with Gasteiger partial charge in [0.15, 0.2) is 5.90 Å². The molecule has 0 spiro atoms. The summed E-state index contributed by atoms with van der Waals surface area (Å²) in [4.78, 5) is 4.40. The highest BCUT2D eigenvalue weighted by Gasteiger charge is 2.30. The van der Waals surface area contributed by atoms with E-state index < -0.39 is 0 Å². The van der Waals surface area contributed by atoms with Crippen LogP contribution in [-0.4, -0.2) is 18.0 Å². The zero-order valence-electron chi connectivity index (χ0n) is 6.34. The Bertz CT molecular complexity index is 165. The highest BCUT2D eigenvalue weighted by Crippen LogP contribution is 2.27. The molecule has 0 aromatic heterocycles. The summed E-state index contributed by atoms with van der Waals surface area (Å²) in [5.74, 6) is 0.900. The molecule has 0 aromatic carbocycles. The molecule has 10 heavy (non-hydrogen) atoms. The van der Waals surface area contributed by atoms with E-state index in [4.69, 9.17) is 4.74 Å². The lowest BCUT2D eigenvalue weighted by Crippen LogP contribution is -2.25. The van der Waals surface area contributed by atoms with Gasteiger partial charge in [0.2, 0.25) is 0 Å². The number of rotatable bonds is 0. The average molecular weight is 139 g/mol. The molecular weight excluding hydrogens is 126 g/mol. The van der Waals surface area contributed by atoms with Crippen LogP contribution in [-0.2, 0) is 4.74 Å². The Morgan fingerprint density at radius 2 is 2.20 bits per heavy atom. The SMILES string of the molecule is CC1=N[C@H]2CCCC[C@H]2O1. The third-order valence-electron chi connectivity index (χ3n) is 2.34. The van der Waals surface area contributed by atoms with E-state index >= 15 is 0 Å². The van der Waals surface area contributed by atoms with Gasteiger partial charge in [-0.05, 0) is 19.3 Å². The van der Waals surface area contributed by atoms with Gasteiger partial charge in [-0.25, -0.2) is 4.99 Å². The molecule has 0 amide bonds. The number of nitrogens with zero attached hydrogens (tertiary/aromatic N) is 1. The first-order valence-electron chi connectivity index (χ1n) is 4.07. The minimum atomic E-state index is 0.439. The quantitative estimate of drug-likeness (QED) is 0.501. The van der Waals surface area contributed by atoms with Gasteiger partial charge in [-0.3, -0.25) is 0 Å². The van der Waals surface area contributed by atoms with Crippen molar-refractivity contribution in [2.75, 3.05) is 0 Å². The lowest BCUT2D eigenvalue weighted by molar-refractivity contribution is 0.151. The summed E-state index contributed by atoms with van der Waals surface area (Å²) in [7, 11) is 0. The van der Waals surface area contributed by atoms with Gasteiger partial charge in [-0.15, -0.1) is 0 Å². The second kappa shape index (κ2) is 2.26. The summed E-state index contributed by atoms with van der Waals surface area (Å²) in [6, 6.07) is 0.508. The Labute approximate surface area is 61.3 Å². The molecule has 2 heteroatoms. The highest BCUT2D eigenvalue weighted by molar-refractivity contribution is 5.75. The van der Waals surface area contributed by atoms with E-state index in [-0.39, 0.29) is 0 Å². The normalized spacial score (nSPS) is 38.3. The zero-order chi connectivity index (χ0) is 6.97. The van der Waals surface area contributed by atoms with E-state index in [0.717, 1.165) is 5.90 Å². The molecule has 0 bridgehead atoms. The van der Waals surface area contributed by atoms with Crippen molar-refractivity contribution in [2.24, 2.45) is 4.99 Å². The van der Waals surface area contributed by atoms with Crippen molar-refractivity contribution in [3.8, 4) is 0 Å². The van der Waals surface area contributed by atoms with Crippen LogP contribution in [0.2, 0.25) is 0 Å². The van der Waals surface area contributed by atoms with Gasteiger partial charge in [-0.1, -0.05) is 6.42 Å². The number of hydrogen-bond donors (Lipinski definition) is 0. The van der Waals surface area contributed by atoms with Crippen molar-refractivity contribution in [3.63, 3.8) is 0 Å². The summed E-state index contributed by atoms with van der Waals surface area (Å²) in [6.07, 6.45) is 5.55. The lowest BCUT2D eigenvalue weighted by Gasteiger charge is -2.21. The number of aliphatic imine (C=N–C) groups is 1. The smallest absolute Gasteiger partial charge is 0.180 e. The fourth-order valence-corrected chi connectivity index (χ4v) is 1.85. The Morgan fingerprint density at radius 3 is 3.00 bits per heavy atom. The third kappa shape index (κ3) is 0.917. The van der Waals surface area contributed by atoms with Crippen LogP contribution in [0.15, 0.2) is 4.99 Å². The maximum atomic E-state index is 5.52. The molecule has 56 valence electrons. The summed E-state index contributed by atoms with van der Waals surface area (Å²) in [6.45, 7) is 1.96. The first-order chi connectivity index (χ1) is 4.86. The molecule has 0 radical (unpaired) electrons. The second-order valence-electron chi connectivity index (χ2n) is 3.16. The van der Waals surface area contributed by atoms with Gasteiger partial charge < -0.3 is 4.74 Å². The molecule has 1 aliphatic heterocycles. The summed E-state index contributed by atoms with van der Waals surface area (Å²) in [5, 5.41) is 0. The molecule has 0 unspecified atom stereocenters. The lowest BCUT2D eigenvalue weighted by atomic mass is 9.94. The topological polar surface area (TPSA) is 21.6 Å². The molecule has 2 rings (SSSR count). The van der Waals surface area contributed by atoms with Gasteiger partial charge in [0.25, 0.3) is 0 Å². The Balaban J connectivity index is 2.06. The van der Waals surface area contributed by atoms with Crippen molar-refractivity contribution in [1.29, 1.82) is 0 Å². The van der Waals surface area contributed by atoms with Crippen LogP contribution >= 0.6 is 0 Å². The fourth-order valence-electron chi connectivity index (χ4n) is 1.85. The van der Waals surface area contributed by atoms with Gasteiger partial charge >= 0.3 is 0 Å². The largest absolute Gasteiger partial charge is 0.476 e. The van der Waals surface area contributed by atoms with Gasteiger partial charge in [-0.2, -0.15) is 0 Å². The molecule has 1 fully saturated rings. The van der Waals surface area contributed by atoms with E-state index in [1.54, 1.807) is 0 Å². The molecule has 2 aliphatic rings. The predicted octanol–water partition coefficient (Wildman–Crippen LogP) is 1.75. The Morgan fingerprint density at radius 1 is 1.40 bits per heavy atom. The van der Waals surface area contributed by atoms with E-state index in [0.29, 0.717) is 12.1 Å². The first-order valence-corrected chi connectivity index (χ1v) is 4.07. The molecule has 1 saturated carbocycles. The van der Waals surface area contributed by atoms with Gasteiger partial charge in [0.05, 0.1) is 6.04 Å². The van der Waals surface area contributed by atoms with Crippen LogP contribution in [0, 0.1) is 0 Å². The van der Waals surface area contributed by atoms with Crippen LogP contribution in [0.5, 0.6) is 0 Å². The van der Waals surface area contributed by atoms with Crippen LogP contribution in [0.1, 0.15) is 32.6 Å². The monoisotopic (exact) mass is 139 g/mol. The van der Waals surface area contributed by atoms with E-state index in [1.807, 2.05) is 6.92 Å². The third-order valence-corrected chi connectivity index (χ3v) is 2.34. The summed E-state index contributed by atoms with van der Waals surface area (Å²) < 4.78 is 5.52. The molecule has 1 heterocycles. The highest BCUT2D eigenvalue weighted by atomic mass is 16.5. The summed E-state index contributed by atoms with van der Waals surface area (Å²) in [5.41, 5.74) is 0. The maximum absolute atomic E-state index is 5.52. The van der Waals surface area contributed by atoms with Crippen LogP contribution in [0.3, 0.4) is 0 Å². The molecule has 2 atom stereocenters. The fraction of sp³-hybridized carbons (Fsp3) is 0.875.